The van der Waals surface area contributed by atoms with Crippen molar-refractivity contribution in [3.05, 3.63) is 86.2 Å². The molecule has 2 aliphatic rings. The molecular weight excluding hydrogens is 464 g/mol. The van der Waals surface area contributed by atoms with Gasteiger partial charge in [-0.15, -0.1) is 0 Å². The van der Waals surface area contributed by atoms with Crippen LogP contribution in [0.4, 0.5) is 10.5 Å². The largest absolute Gasteiger partial charge is 0.483 e. The summed E-state index contributed by atoms with van der Waals surface area (Å²) in [7, 11) is 0. The van der Waals surface area contributed by atoms with Gasteiger partial charge in [0.1, 0.15) is 17.4 Å². The van der Waals surface area contributed by atoms with Crippen LogP contribution in [0.15, 0.2) is 63.7 Å². The molecule has 1 amide bonds. The average Bonchev–Trinajstić information content (AvgIpc) is 3.08. The fraction of sp³-hybridized carbons (Fsp3) is 0.308. The van der Waals surface area contributed by atoms with E-state index >= 15 is 0 Å². The molecule has 0 fully saturated rings. The Balaban J connectivity index is 1.69. The first-order valence-electron chi connectivity index (χ1n) is 11.6. The van der Waals surface area contributed by atoms with E-state index in [2.05, 4.69) is 0 Å². The second-order valence-electron chi connectivity index (χ2n) is 9.35. The molecule has 0 spiro atoms. The van der Waals surface area contributed by atoms with Gasteiger partial charge in [0.05, 0.1) is 17.9 Å². The van der Waals surface area contributed by atoms with E-state index in [1.165, 1.54) is 21.2 Å². The molecule has 2 aromatic carbocycles. The fourth-order valence-corrected chi connectivity index (χ4v) is 5.05. The number of Topliss-reactive ketones (excluding diaryl/α,β-unsaturated/α-hetero) is 1. The van der Waals surface area contributed by atoms with E-state index < -0.39 is 29.1 Å². The number of nitrogens with zero attached hydrogens (tertiary/aromatic N) is 4. The number of amides is 1. The minimum atomic E-state index is -1.08. The van der Waals surface area contributed by atoms with Crippen LogP contribution >= 0.6 is 0 Å². The van der Waals surface area contributed by atoms with Crippen LogP contribution in [0.25, 0.3) is 5.69 Å². The number of benzene rings is 2. The Labute approximate surface area is 206 Å². The Bertz CT molecular complexity index is 1550. The van der Waals surface area contributed by atoms with E-state index in [9.17, 15) is 24.3 Å². The van der Waals surface area contributed by atoms with Crippen molar-refractivity contribution in [3.63, 3.8) is 0 Å². The van der Waals surface area contributed by atoms with Crippen LogP contribution < -0.4 is 21.0 Å². The molecule has 1 aromatic heterocycles. The molecule has 1 N–H and O–H groups in total. The third-order valence-electron chi connectivity index (χ3n) is 6.83. The number of carbonyl (C=O) groups is 2. The molecule has 186 valence electrons. The van der Waals surface area contributed by atoms with Gasteiger partial charge in [-0.3, -0.25) is 9.69 Å². The summed E-state index contributed by atoms with van der Waals surface area (Å²) in [4.78, 5) is 51.6. The van der Waals surface area contributed by atoms with Gasteiger partial charge in [-0.2, -0.15) is 0 Å². The van der Waals surface area contributed by atoms with Crippen LogP contribution in [0.2, 0.25) is 0 Å². The highest BCUT2D eigenvalue weighted by Gasteiger charge is 2.44. The number of carbonyl (C=O) groups excluding carboxylic acids is 1. The van der Waals surface area contributed by atoms with Crippen molar-refractivity contribution in [3.8, 4) is 11.4 Å². The summed E-state index contributed by atoms with van der Waals surface area (Å²) >= 11 is 0. The molecule has 36 heavy (non-hydrogen) atoms. The second-order valence-corrected chi connectivity index (χ2v) is 9.35. The summed E-state index contributed by atoms with van der Waals surface area (Å²) in [6, 6.07) is 10.8. The number of rotatable bonds is 4. The minimum Gasteiger partial charge on any atom is -0.483 e. The highest BCUT2D eigenvalue weighted by molar-refractivity contribution is 5.94. The van der Waals surface area contributed by atoms with Crippen molar-refractivity contribution in [2.45, 2.75) is 45.9 Å². The van der Waals surface area contributed by atoms with Crippen LogP contribution in [0.3, 0.4) is 0 Å². The van der Waals surface area contributed by atoms with Crippen LogP contribution in [0, 0.1) is 0 Å². The third-order valence-corrected chi connectivity index (χ3v) is 6.83. The average molecular weight is 491 g/mol. The maximum absolute atomic E-state index is 13.7. The zero-order valence-corrected chi connectivity index (χ0v) is 20.4. The predicted molar refractivity (Wildman–Crippen MR) is 133 cm³/mol. The molecule has 3 heterocycles. The topological polar surface area (TPSA) is 116 Å². The summed E-state index contributed by atoms with van der Waals surface area (Å²) < 4.78 is 10.2. The first kappa shape index (κ1) is 23.4. The van der Waals surface area contributed by atoms with Gasteiger partial charge in [0.2, 0.25) is 0 Å². The molecule has 0 bridgehead atoms. The number of anilines is 1. The number of aromatic nitrogens is 3. The van der Waals surface area contributed by atoms with Gasteiger partial charge in [0.25, 0.3) is 0 Å². The Morgan fingerprint density at radius 2 is 1.81 bits per heavy atom. The predicted octanol–water partition coefficient (Wildman–Crippen LogP) is 3.21. The monoisotopic (exact) mass is 490 g/mol. The van der Waals surface area contributed by atoms with Crippen LogP contribution in [0.5, 0.6) is 5.75 Å². The lowest BCUT2D eigenvalue weighted by Crippen LogP contribution is -2.46. The Morgan fingerprint density at radius 3 is 2.42 bits per heavy atom. The Morgan fingerprint density at radius 1 is 1.11 bits per heavy atom. The van der Waals surface area contributed by atoms with Crippen LogP contribution in [-0.2, 0) is 6.54 Å². The van der Waals surface area contributed by atoms with Gasteiger partial charge < -0.3 is 9.84 Å². The number of carboxylic acid groups (broad SMARTS) is 1. The van der Waals surface area contributed by atoms with Gasteiger partial charge in [0.15, 0.2) is 5.78 Å². The Hall–Kier alpha value is -4.34. The molecule has 1 unspecified atom stereocenters. The molecule has 0 saturated carbocycles. The summed E-state index contributed by atoms with van der Waals surface area (Å²) in [6.07, 6.45) is 0.824. The number of ketones is 1. The van der Waals surface area contributed by atoms with Crippen molar-refractivity contribution in [1.82, 2.24) is 13.9 Å². The van der Waals surface area contributed by atoms with Gasteiger partial charge in [0, 0.05) is 23.7 Å². The van der Waals surface area contributed by atoms with Gasteiger partial charge >= 0.3 is 17.5 Å². The maximum Gasteiger partial charge on any atom is 0.411 e. The van der Waals surface area contributed by atoms with Crippen molar-refractivity contribution in [1.29, 1.82) is 0 Å². The molecule has 0 saturated heterocycles. The highest BCUT2D eigenvalue weighted by Crippen LogP contribution is 2.47. The fourth-order valence-electron chi connectivity index (χ4n) is 5.05. The quantitative estimate of drug-likeness (QED) is 0.444. The molecule has 3 aromatic rings. The summed E-state index contributed by atoms with van der Waals surface area (Å²) in [6.45, 7) is 7.41. The van der Waals surface area contributed by atoms with Crippen molar-refractivity contribution < 1.29 is 19.4 Å². The van der Waals surface area contributed by atoms with E-state index in [0.29, 0.717) is 28.3 Å². The lowest BCUT2D eigenvalue weighted by molar-refractivity contribution is 0.101. The standard InChI is InChI=1S/C26H26N4O6/c1-5-27(25(34)35)18-10-11-19-21(14-18)36-26(3,4)20-12-13-28-23(32)29(24(33)30(28)22(19)20)17-8-6-16(7-9-17)15(2)31/h6-12,14,22H,5,13H2,1-4H3,(H,34,35). The van der Waals surface area contributed by atoms with Crippen molar-refractivity contribution in [2.24, 2.45) is 0 Å². The molecule has 10 heteroatoms. The zero-order valence-electron chi connectivity index (χ0n) is 20.4. The van der Waals surface area contributed by atoms with Gasteiger partial charge in [-0.1, -0.05) is 12.1 Å². The molecule has 5 rings (SSSR count). The summed E-state index contributed by atoms with van der Waals surface area (Å²) in [5, 5.41) is 9.55. The maximum atomic E-state index is 13.7. The van der Waals surface area contributed by atoms with Crippen LogP contribution in [0.1, 0.15) is 49.7 Å². The number of hydrogen-bond donors (Lipinski definition) is 1. The Kier molecular flexibility index (Phi) is 5.27. The van der Waals surface area contributed by atoms with Crippen LogP contribution in [-0.4, -0.2) is 43.1 Å². The molecule has 0 aliphatic carbocycles. The van der Waals surface area contributed by atoms with E-state index in [4.69, 9.17) is 4.74 Å². The van der Waals surface area contributed by atoms with Gasteiger partial charge in [-0.05, 0) is 63.6 Å². The smallest absolute Gasteiger partial charge is 0.411 e. The first-order valence-corrected chi connectivity index (χ1v) is 11.6. The minimum absolute atomic E-state index is 0.111. The molecule has 1 atom stereocenters. The summed E-state index contributed by atoms with van der Waals surface area (Å²) in [5.74, 6) is 0.339. The lowest BCUT2D eigenvalue weighted by Gasteiger charge is -2.42. The van der Waals surface area contributed by atoms with E-state index in [0.717, 1.165) is 10.1 Å². The van der Waals surface area contributed by atoms with E-state index in [1.807, 2.05) is 19.9 Å². The van der Waals surface area contributed by atoms with Gasteiger partial charge in [-0.25, -0.2) is 28.3 Å². The van der Waals surface area contributed by atoms with Crippen molar-refractivity contribution >= 4 is 17.6 Å². The molecule has 0 radical (unpaired) electrons. The number of hydrogen-bond acceptors (Lipinski definition) is 5. The number of fused-ring (bicyclic) bond motifs is 5. The number of ether oxygens (including phenoxy) is 1. The molecular formula is C26H26N4O6. The SMILES string of the molecule is CCN(C(=O)O)c1ccc2c(c1)OC(C)(C)C1=CCn3c(=O)n(-c4ccc(C(C)=O)cc4)c(=O)n3C12. The molecule has 10 nitrogen and oxygen atoms in total. The van der Waals surface area contributed by atoms with Crippen molar-refractivity contribution in [2.75, 3.05) is 11.4 Å². The third kappa shape index (κ3) is 3.40. The lowest BCUT2D eigenvalue weighted by atomic mass is 9.83. The van der Waals surface area contributed by atoms with E-state index in [-0.39, 0.29) is 18.9 Å². The second kappa shape index (κ2) is 8.11. The van der Waals surface area contributed by atoms with E-state index in [1.54, 1.807) is 49.4 Å². The zero-order chi connectivity index (χ0) is 25.9. The molecule has 2 aliphatic heterocycles. The normalized spacial score (nSPS) is 17.2. The first-order chi connectivity index (χ1) is 17.0. The summed E-state index contributed by atoms with van der Waals surface area (Å²) in [5.41, 5.74) is 0.991. The number of allylic oxidation sites excluding steroid dienone is 1. The highest BCUT2D eigenvalue weighted by atomic mass is 16.5.